The van der Waals surface area contributed by atoms with Gasteiger partial charge in [-0.1, -0.05) is 60.7 Å². The van der Waals surface area contributed by atoms with Gasteiger partial charge in [0.05, 0.1) is 14.2 Å². The van der Waals surface area contributed by atoms with E-state index in [1.807, 2.05) is 20.8 Å². The first-order valence-corrected chi connectivity index (χ1v) is 42.7. The zero-order valence-electron chi connectivity index (χ0n) is 63.4. The van der Waals surface area contributed by atoms with Gasteiger partial charge in [-0.3, -0.25) is 26.6 Å². The highest BCUT2D eigenvalue weighted by molar-refractivity contribution is 7.87. The average molecular weight is 1670 g/mol. The Hall–Kier alpha value is -10.7. The largest absolute Gasteiger partial charge is 0.507 e. The van der Waals surface area contributed by atoms with Crippen molar-refractivity contribution in [2.45, 2.75) is 109 Å². The molecule has 30 nitrogen and oxygen atoms in total. The Labute approximate surface area is 653 Å². The van der Waals surface area contributed by atoms with E-state index in [9.17, 15) is 81.1 Å². The summed E-state index contributed by atoms with van der Waals surface area (Å²) < 4.78 is 180. The van der Waals surface area contributed by atoms with Crippen LogP contribution in [0.5, 0.6) is 34.5 Å². The Morgan fingerprint density at radius 1 is 0.283 bits per heavy atom. The van der Waals surface area contributed by atoms with Crippen LogP contribution in [0.1, 0.15) is 83.5 Å². The fraction of sp³-hybridized carbons (Fsp3) is 0.221. The molecule has 0 fully saturated rings. The molecule has 0 unspecified atom stereocenters. The van der Waals surface area contributed by atoms with Crippen molar-refractivity contribution in [2.24, 2.45) is 0 Å². The third kappa shape index (κ3) is 20.4. The molecular weight excluding hydrogens is 1590 g/mol. The van der Waals surface area contributed by atoms with Crippen molar-refractivity contribution in [3.05, 3.63) is 199 Å². The molecule has 0 aliphatic heterocycles. The Morgan fingerprint density at radius 2 is 0.655 bits per heavy atom. The first-order valence-electron chi connectivity index (χ1n) is 33.4. The number of hydrogen-bond donors (Lipinski definition) is 16. The van der Waals surface area contributed by atoms with Gasteiger partial charge >= 0.3 is 0 Å². The van der Waals surface area contributed by atoms with Crippen molar-refractivity contribution in [1.82, 2.24) is 0 Å². The molecule has 36 heteroatoms. The van der Waals surface area contributed by atoms with Gasteiger partial charge in [-0.05, 0) is 236 Å². The molecule has 0 saturated heterocycles. The third-order valence-electron chi connectivity index (χ3n) is 18.7. The van der Waals surface area contributed by atoms with Crippen molar-refractivity contribution in [3.8, 4) is 34.5 Å². The number of hydrogen-bond acceptors (Lipinski definition) is 26. The molecule has 113 heavy (non-hydrogen) atoms. The van der Waals surface area contributed by atoms with Crippen LogP contribution >= 0.6 is 0 Å². The molecule has 0 spiro atoms. The van der Waals surface area contributed by atoms with Crippen molar-refractivity contribution < 1.29 is 108 Å². The smallest absolute Gasteiger partial charge is 0.297 e. The predicted octanol–water partition coefficient (Wildman–Crippen LogP) is 12.4. The highest BCUT2D eigenvalue weighted by atomic mass is 32.2. The summed E-state index contributed by atoms with van der Waals surface area (Å²) in [6.45, 7) is 18.9. The molecule has 0 heterocycles. The molecule has 0 aromatic heterocycles. The summed E-state index contributed by atoms with van der Waals surface area (Å²) in [7, 11) is -22.1. The van der Waals surface area contributed by atoms with E-state index in [0.29, 0.717) is 160 Å². The van der Waals surface area contributed by atoms with E-state index in [-0.39, 0.29) is 44.3 Å². The fourth-order valence-corrected chi connectivity index (χ4v) is 17.1. The molecule has 0 bridgehead atoms. The van der Waals surface area contributed by atoms with E-state index in [0.717, 1.165) is 36.5 Å². The number of phenolic OH excluding ortho intramolecular Hbond substituents is 6. The van der Waals surface area contributed by atoms with E-state index in [4.69, 9.17) is 52.6 Å². The molecule has 0 aliphatic carbocycles. The molecule has 606 valence electrons. The lowest BCUT2D eigenvalue weighted by molar-refractivity contribution is 0.397. The molecule has 12 aromatic carbocycles. The van der Waals surface area contributed by atoms with Crippen LogP contribution < -0.4 is 34.4 Å². The highest BCUT2D eigenvalue weighted by Crippen LogP contribution is 2.44. The summed E-state index contributed by atoms with van der Waals surface area (Å²) in [6.07, 6.45) is 0. The van der Waals surface area contributed by atoms with Crippen molar-refractivity contribution in [1.29, 1.82) is 0 Å². The summed E-state index contributed by atoms with van der Waals surface area (Å²) in [4.78, 5) is -0.00324. The lowest BCUT2D eigenvalue weighted by Crippen LogP contribution is -2.06. The zero-order valence-corrected chi connectivity index (χ0v) is 68.3. The first-order chi connectivity index (χ1) is 52.0. The molecule has 12 aromatic rings. The first kappa shape index (κ1) is 89.5. The third-order valence-corrected chi connectivity index (χ3v) is 24.0. The van der Waals surface area contributed by atoms with Crippen molar-refractivity contribution in [2.75, 3.05) is 48.6 Å². The van der Waals surface area contributed by atoms with Gasteiger partial charge < -0.3 is 65.0 Å². The van der Waals surface area contributed by atoms with Crippen molar-refractivity contribution >= 4 is 159 Å². The van der Waals surface area contributed by atoms with E-state index < -0.39 is 83.7 Å². The summed E-state index contributed by atoms with van der Waals surface area (Å²) in [5.41, 5.74) is 46.1. The topological polar surface area (TPSA) is 582 Å². The summed E-state index contributed by atoms with van der Waals surface area (Å²) in [5.74, 6) is -2.22. The van der Waals surface area contributed by atoms with Gasteiger partial charge in [0.25, 0.3) is 60.7 Å². The van der Waals surface area contributed by atoms with Gasteiger partial charge in [-0.15, -0.1) is 0 Å². The second kappa shape index (κ2) is 33.9. The maximum Gasteiger partial charge on any atom is 0.297 e. The van der Waals surface area contributed by atoms with Crippen LogP contribution in [0.4, 0.5) is 34.1 Å². The zero-order chi connectivity index (χ0) is 85.3. The van der Waals surface area contributed by atoms with Gasteiger partial charge in [-0.25, -0.2) is 0 Å². The summed E-state index contributed by atoms with van der Waals surface area (Å²) >= 11 is 0. The molecule has 0 aliphatic rings. The predicted molar refractivity (Wildman–Crippen MR) is 442 cm³/mol. The Bertz CT molecular complexity index is 6580. The number of nitrogens with two attached hydrogens (primary N) is 6. The standard InChI is InChI=1S/5C13H15NO4S.C12H13NO4S/c1-7-3-9-5-10(6-19(16,17)18)8(2)13(15)12(9)11(14)4-7;1-7-4-5-9-10(19(16,17)18-3)6-8(2)12(14)11(9)13(7)15;1-7-3-4-11(14)12-10(7)5-9(6-19(16,17)18)8(2)13(12)15;1-7-3-4-9-5-10(6-19(16,17)18)8(2)13(15)11(9)12(7)14;1-7-3-4-10(14)12-11(7)9(6-19(16,17)18)5-8(2)13(12)15;1-7-3-4-8-10(18(15,16)17-2)6-5-9(13)11(8)12(7)14/h3-5,15H,6,14H2,1-2H3,(H,16,17,18);4-6,15H,14H2,1-3H3;3*3-5,15H,6,14H2,1-2H3,(H,16,17,18);3-6,14H,13H2,1-2H3. The molecule has 0 atom stereocenters. The number of anilines is 6. The van der Waals surface area contributed by atoms with Crippen LogP contribution in [-0.4, -0.2) is 114 Å². The Balaban J connectivity index is 0.000000188. The van der Waals surface area contributed by atoms with E-state index in [1.165, 1.54) is 18.2 Å². The second-order valence-electron chi connectivity index (χ2n) is 26.9. The number of fused-ring (bicyclic) bond motifs is 6. The van der Waals surface area contributed by atoms with Gasteiger partial charge in [0, 0.05) is 77.2 Å². The van der Waals surface area contributed by atoms with Gasteiger partial charge in [0.1, 0.15) is 67.3 Å². The van der Waals surface area contributed by atoms with Crippen LogP contribution in [0, 0.1) is 76.2 Å². The van der Waals surface area contributed by atoms with Crippen LogP contribution in [-0.2, 0) is 92.1 Å². The van der Waals surface area contributed by atoms with Crippen LogP contribution in [0.3, 0.4) is 0 Å². The molecule has 0 radical (unpaired) electrons. The molecule has 0 amide bonds. The Morgan fingerprint density at radius 3 is 1.15 bits per heavy atom. The van der Waals surface area contributed by atoms with E-state index in [1.54, 1.807) is 152 Å². The van der Waals surface area contributed by atoms with E-state index in [2.05, 4.69) is 8.37 Å². The lowest BCUT2D eigenvalue weighted by Gasteiger charge is -2.14. The maximum absolute atomic E-state index is 11.9. The second-order valence-corrected chi connectivity index (χ2v) is 36.1. The van der Waals surface area contributed by atoms with Gasteiger partial charge in [0.15, 0.2) is 0 Å². The highest BCUT2D eigenvalue weighted by Gasteiger charge is 2.26. The minimum absolute atomic E-state index is 0.00648. The van der Waals surface area contributed by atoms with E-state index >= 15 is 0 Å². The van der Waals surface area contributed by atoms with Crippen LogP contribution in [0.15, 0.2) is 125 Å². The number of aromatic hydroxyl groups is 6. The minimum Gasteiger partial charge on any atom is -0.507 e. The SMILES string of the molecule is COS(=O)(=O)c1cc(C)c(N)c2c(O)c(C)ccc12.COS(=O)(=O)c1ccc(N)c2c(O)c(C)ccc12.Cc1c(CS(=O)(=O)O)cc2c(C)ccc(N)c2c1O.Cc1cc(CS(=O)(=O)O)c2c(C)ccc(N)c2c1O.Cc1cc(N)c2c(O)c(C)c(CS(=O)(=O)O)cc2c1.Cc1ccc2cc(CS(=O)(=O)O)c(C)c(O)c2c1N. The monoisotopic (exact) mass is 1670 g/mol. The number of aryl methyl sites for hydroxylation is 8. The quantitative estimate of drug-likeness (QED) is 0.0307. The molecular formula is C77H88N6O24S6. The van der Waals surface area contributed by atoms with Crippen LogP contribution in [0.25, 0.3) is 64.6 Å². The molecule has 0 saturated carbocycles. The van der Waals surface area contributed by atoms with Gasteiger partial charge in [0.2, 0.25) is 0 Å². The lowest BCUT2D eigenvalue weighted by atomic mass is 9.96. The summed E-state index contributed by atoms with van der Waals surface area (Å²) in [6, 6.07) is 31.2. The normalized spacial score (nSPS) is 11.9. The summed E-state index contributed by atoms with van der Waals surface area (Å²) in [5, 5.41) is 66.6. The molecule has 22 N–H and O–H groups in total. The number of phenols is 6. The fourth-order valence-electron chi connectivity index (χ4n) is 12.6. The minimum atomic E-state index is -4.15. The number of rotatable bonds is 12. The number of nitrogen functional groups attached to an aromatic ring is 6. The van der Waals surface area contributed by atoms with Gasteiger partial charge in [-0.2, -0.15) is 50.5 Å². The maximum atomic E-state index is 11.9. The van der Waals surface area contributed by atoms with Crippen molar-refractivity contribution in [3.63, 3.8) is 0 Å². The van der Waals surface area contributed by atoms with Crippen LogP contribution in [0.2, 0.25) is 0 Å². The average Bonchev–Trinajstić information content (AvgIpc) is 0.724. The Kier molecular flexibility index (Phi) is 26.8. The molecule has 12 rings (SSSR count). The number of benzene rings is 12.